The summed E-state index contributed by atoms with van der Waals surface area (Å²) in [5.74, 6) is 0.682. The third-order valence-corrected chi connectivity index (χ3v) is 7.80. The van der Waals surface area contributed by atoms with E-state index in [1.165, 1.54) is 12.8 Å². The first-order valence-electron chi connectivity index (χ1n) is 11.1. The molecule has 8 heteroatoms. The van der Waals surface area contributed by atoms with Crippen LogP contribution < -0.4 is 16.0 Å². The number of halogens is 2. The van der Waals surface area contributed by atoms with Gasteiger partial charge in [0.25, 0.3) is 0 Å². The molecule has 29 heavy (non-hydrogen) atoms. The van der Waals surface area contributed by atoms with E-state index in [1.54, 1.807) is 0 Å². The number of hydrogen-bond acceptors (Lipinski definition) is 4. The number of alkyl halides is 2. The monoisotopic (exact) mass is 429 g/mol. The zero-order valence-corrected chi connectivity index (χ0v) is 17.7. The van der Waals surface area contributed by atoms with Crippen LogP contribution in [0, 0.1) is 11.3 Å². The highest BCUT2D eigenvalue weighted by Gasteiger charge is 2.72. The highest BCUT2D eigenvalue weighted by Crippen LogP contribution is 2.67. The Morgan fingerprint density at radius 2 is 1.86 bits per heavy atom. The third kappa shape index (κ3) is 4.72. The van der Waals surface area contributed by atoms with Gasteiger partial charge in [-0.1, -0.05) is 0 Å². The van der Waals surface area contributed by atoms with Gasteiger partial charge in [-0.3, -0.25) is 9.59 Å². The second-order valence-electron chi connectivity index (χ2n) is 9.66. The van der Waals surface area contributed by atoms with E-state index in [1.807, 2.05) is 0 Å². The predicted octanol–water partition coefficient (Wildman–Crippen LogP) is 2.05. The number of carbonyl (C=O) groups is 2. The summed E-state index contributed by atoms with van der Waals surface area (Å²) in [6.45, 7) is 2.85. The number of amides is 2. The van der Waals surface area contributed by atoms with Gasteiger partial charge in [0, 0.05) is 18.5 Å². The molecule has 2 bridgehead atoms. The van der Waals surface area contributed by atoms with Crippen molar-refractivity contribution in [3.8, 4) is 0 Å². The molecule has 3 unspecified atom stereocenters. The molecule has 5 fully saturated rings. The normalized spacial score (nSPS) is 39.2. The number of piperidine rings is 1. The van der Waals surface area contributed by atoms with Crippen LogP contribution in [0.25, 0.3) is 0 Å². The summed E-state index contributed by atoms with van der Waals surface area (Å²) in [4.78, 5) is 24.8. The molecular formula is C21H33ClFN3O3. The number of nitrogens with one attached hydrogen (secondary N) is 3. The van der Waals surface area contributed by atoms with Crippen molar-refractivity contribution in [1.29, 1.82) is 0 Å². The van der Waals surface area contributed by atoms with E-state index in [-0.39, 0.29) is 41.9 Å². The summed E-state index contributed by atoms with van der Waals surface area (Å²) in [5.41, 5.74) is -0.508. The van der Waals surface area contributed by atoms with Crippen LogP contribution in [0.2, 0.25) is 0 Å². The van der Waals surface area contributed by atoms with Gasteiger partial charge in [-0.15, -0.1) is 11.6 Å². The number of rotatable bonds is 8. The Hall–Kier alpha value is -0.920. The van der Waals surface area contributed by atoms with E-state index in [0.717, 1.165) is 45.3 Å². The average molecular weight is 430 g/mol. The molecular weight excluding hydrogens is 397 g/mol. The first kappa shape index (κ1) is 21.3. The van der Waals surface area contributed by atoms with Gasteiger partial charge in [-0.25, -0.2) is 4.39 Å². The van der Waals surface area contributed by atoms with Crippen molar-refractivity contribution in [3.63, 3.8) is 0 Å². The van der Waals surface area contributed by atoms with Crippen molar-refractivity contribution in [1.82, 2.24) is 16.0 Å². The molecule has 3 N–H and O–H groups in total. The lowest BCUT2D eigenvalue weighted by atomic mass is 9.39. The molecule has 5 aliphatic rings. The lowest BCUT2D eigenvalue weighted by molar-refractivity contribution is -0.184. The van der Waals surface area contributed by atoms with E-state index in [9.17, 15) is 14.0 Å². The Kier molecular flexibility index (Phi) is 6.38. The molecule has 1 aliphatic heterocycles. The van der Waals surface area contributed by atoms with Crippen LogP contribution in [-0.4, -0.2) is 61.2 Å². The minimum atomic E-state index is -1.07. The van der Waals surface area contributed by atoms with Crippen LogP contribution in [-0.2, 0) is 14.3 Å². The Balaban J connectivity index is 1.11. The van der Waals surface area contributed by atoms with Crippen molar-refractivity contribution in [2.75, 3.05) is 26.2 Å². The SMILES string of the molecule is O=C(COC1CCC(Cl)C(F)C1)NC12CC(C(=O)NCCC3CCNCC3)(C1)C2. The minimum Gasteiger partial charge on any atom is -0.368 e. The quantitative estimate of drug-likeness (QED) is 0.516. The molecule has 4 aliphatic carbocycles. The van der Waals surface area contributed by atoms with Gasteiger partial charge in [0.15, 0.2) is 0 Å². The molecule has 4 saturated carbocycles. The van der Waals surface area contributed by atoms with Crippen molar-refractivity contribution in [2.45, 2.75) is 81.0 Å². The highest BCUT2D eigenvalue weighted by molar-refractivity contribution is 6.21. The summed E-state index contributed by atoms with van der Waals surface area (Å²) < 4.78 is 19.2. The zero-order valence-electron chi connectivity index (χ0n) is 17.0. The van der Waals surface area contributed by atoms with Gasteiger partial charge < -0.3 is 20.7 Å². The van der Waals surface area contributed by atoms with Crippen molar-refractivity contribution in [2.24, 2.45) is 11.3 Å². The lowest BCUT2D eigenvalue weighted by Crippen LogP contribution is -2.78. The zero-order chi connectivity index (χ0) is 20.5. The van der Waals surface area contributed by atoms with Crippen molar-refractivity contribution < 1.29 is 18.7 Å². The fraction of sp³-hybridized carbons (Fsp3) is 0.905. The number of ether oxygens (including phenoxy) is 1. The maximum Gasteiger partial charge on any atom is 0.246 e. The Labute approximate surface area is 177 Å². The average Bonchev–Trinajstić information content (AvgIpc) is 2.65. The molecule has 5 rings (SSSR count). The van der Waals surface area contributed by atoms with E-state index < -0.39 is 11.5 Å². The molecule has 2 amide bonds. The van der Waals surface area contributed by atoms with Crippen LogP contribution in [0.1, 0.15) is 57.8 Å². The fourth-order valence-electron chi connectivity index (χ4n) is 5.63. The fourth-order valence-corrected chi connectivity index (χ4v) is 5.86. The standard InChI is InChI=1S/C21H33ClFN3O3/c22-16-2-1-15(9-17(16)23)29-10-18(27)26-21-11-20(12-21,13-21)19(28)25-8-5-14-3-6-24-7-4-14/h14-17,24H,1-13H2,(H,25,28)(H,26,27). The van der Waals surface area contributed by atoms with Gasteiger partial charge in [-0.05, 0) is 70.4 Å². The van der Waals surface area contributed by atoms with Gasteiger partial charge in [0.05, 0.1) is 16.9 Å². The summed E-state index contributed by atoms with van der Waals surface area (Å²) >= 11 is 5.88. The van der Waals surface area contributed by atoms with Gasteiger partial charge >= 0.3 is 0 Å². The van der Waals surface area contributed by atoms with E-state index in [0.29, 0.717) is 18.8 Å². The van der Waals surface area contributed by atoms with Crippen molar-refractivity contribution in [3.05, 3.63) is 0 Å². The summed E-state index contributed by atoms with van der Waals surface area (Å²) in [6.07, 6.45) is 5.80. The number of carbonyl (C=O) groups excluding carboxylic acids is 2. The summed E-state index contributed by atoms with van der Waals surface area (Å²) in [7, 11) is 0. The molecule has 3 atom stereocenters. The van der Waals surface area contributed by atoms with Crippen LogP contribution in [0.3, 0.4) is 0 Å². The molecule has 1 saturated heterocycles. The Morgan fingerprint density at radius 3 is 2.55 bits per heavy atom. The van der Waals surface area contributed by atoms with E-state index in [4.69, 9.17) is 16.3 Å². The molecule has 6 nitrogen and oxygen atoms in total. The van der Waals surface area contributed by atoms with Crippen LogP contribution >= 0.6 is 11.6 Å². The first-order valence-corrected chi connectivity index (χ1v) is 11.5. The molecule has 164 valence electrons. The molecule has 0 radical (unpaired) electrons. The highest BCUT2D eigenvalue weighted by atomic mass is 35.5. The Morgan fingerprint density at radius 1 is 1.14 bits per heavy atom. The molecule has 0 aromatic heterocycles. The number of hydrogen-bond donors (Lipinski definition) is 3. The van der Waals surface area contributed by atoms with Gasteiger partial charge in [0.1, 0.15) is 12.8 Å². The van der Waals surface area contributed by atoms with E-state index >= 15 is 0 Å². The van der Waals surface area contributed by atoms with Crippen molar-refractivity contribution >= 4 is 23.4 Å². The molecule has 0 aromatic rings. The summed E-state index contributed by atoms with van der Waals surface area (Å²) in [6, 6.07) is 0. The minimum absolute atomic E-state index is 0.0540. The maximum absolute atomic E-state index is 13.7. The smallest absolute Gasteiger partial charge is 0.246 e. The van der Waals surface area contributed by atoms with Crippen LogP contribution in [0.15, 0.2) is 0 Å². The first-order chi connectivity index (χ1) is 13.9. The van der Waals surface area contributed by atoms with Gasteiger partial charge in [-0.2, -0.15) is 0 Å². The predicted molar refractivity (Wildman–Crippen MR) is 109 cm³/mol. The van der Waals surface area contributed by atoms with Crippen LogP contribution in [0.4, 0.5) is 4.39 Å². The Bertz CT molecular complexity index is 609. The molecule has 0 aromatic carbocycles. The second kappa shape index (κ2) is 8.67. The van der Waals surface area contributed by atoms with Crippen LogP contribution in [0.5, 0.6) is 0 Å². The molecule has 0 spiro atoms. The topological polar surface area (TPSA) is 79.5 Å². The lowest BCUT2D eigenvalue weighted by Gasteiger charge is -2.69. The largest absolute Gasteiger partial charge is 0.368 e. The summed E-state index contributed by atoms with van der Waals surface area (Å²) in [5, 5.41) is 9.07. The second-order valence-corrected chi connectivity index (χ2v) is 10.2. The maximum atomic E-state index is 13.7. The third-order valence-electron chi connectivity index (χ3n) is 7.31. The van der Waals surface area contributed by atoms with Gasteiger partial charge in [0.2, 0.25) is 11.8 Å². The van der Waals surface area contributed by atoms with E-state index in [2.05, 4.69) is 16.0 Å². The molecule has 1 heterocycles.